The van der Waals surface area contributed by atoms with Gasteiger partial charge in [0, 0.05) is 24.0 Å². The highest BCUT2D eigenvalue weighted by Gasteiger charge is 2.21. The number of tetrazole rings is 1. The Morgan fingerprint density at radius 1 is 1.26 bits per heavy atom. The van der Waals surface area contributed by atoms with Gasteiger partial charge in [-0.15, -0.1) is 26.6 Å². The number of carbonyl (C=O) groups excluding carboxylic acids is 1. The zero-order valence-electron chi connectivity index (χ0n) is 15.0. The lowest BCUT2D eigenvalue weighted by molar-refractivity contribution is 0.0953. The molecule has 0 aromatic carbocycles. The Balaban J connectivity index is 1.42. The van der Waals surface area contributed by atoms with Gasteiger partial charge in [0.2, 0.25) is 0 Å². The quantitative estimate of drug-likeness (QED) is 0.510. The van der Waals surface area contributed by atoms with Crippen LogP contribution < -0.4 is 5.32 Å². The third kappa shape index (κ3) is 3.31. The normalized spacial score (nSPS) is 11.2. The molecular weight excluding hydrogens is 364 g/mol. The third-order valence-electron chi connectivity index (χ3n) is 4.40. The Morgan fingerprint density at radius 3 is 2.96 bits per heavy atom. The fourth-order valence-electron chi connectivity index (χ4n) is 2.89. The third-order valence-corrected chi connectivity index (χ3v) is 5.59. The standard InChI is InChI=1S/C17H18N8OS/c1-11-12(2)27-17(25-10-19-22-23-25)15(11)16(26)18-8-5-7-14-21-20-13-6-3-4-9-24(13)14/h3-4,6,9-10H,5,7-8H2,1-2H3,(H,18,26). The number of aryl methyl sites for hydroxylation is 2. The highest BCUT2D eigenvalue weighted by atomic mass is 32.1. The van der Waals surface area contributed by atoms with E-state index in [-0.39, 0.29) is 5.91 Å². The summed E-state index contributed by atoms with van der Waals surface area (Å²) in [5, 5.41) is 23.3. The minimum Gasteiger partial charge on any atom is -0.352 e. The first-order chi connectivity index (χ1) is 13.1. The van der Waals surface area contributed by atoms with E-state index in [9.17, 15) is 4.79 Å². The summed E-state index contributed by atoms with van der Waals surface area (Å²) in [5.41, 5.74) is 2.40. The summed E-state index contributed by atoms with van der Waals surface area (Å²) in [6, 6.07) is 5.80. The van der Waals surface area contributed by atoms with Crippen LogP contribution in [0, 0.1) is 13.8 Å². The molecule has 0 radical (unpaired) electrons. The van der Waals surface area contributed by atoms with E-state index in [1.807, 2.05) is 42.6 Å². The Morgan fingerprint density at radius 2 is 2.15 bits per heavy atom. The van der Waals surface area contributed by atoms with Gasteiger partial charge in [-0.05, 0) is 48.4 Å². The largest absolute Gasteiger partial charge is 0.352 e. The lowest BCUT2D eigenvalue weighted by atomic mass is 10.1. The van der Waals surface area contributed by atoms with E-state index in [1.54, 1.807) is 0 Å². The Bertz CT molecular complexity index is 1080. The molecule has 9 nitrogen and oxygen atoms in total. The van der Waals surface area contributed by atoms with Crippen LogP contribution in [0.25, 0.3) is 10.6 Å². The molecule has 4 rings (SSSR count). The average Bonchev–Trinajstić information content (AvgIpc) is 3.39. The topological polar surface area (TPSA) is 103 Å². The fourth-order valence-corrected chi connectivity index (χ4v) is 3.96. The number of fused-ring (bicyclic) bond motifs is 1. The second-order valence-electron chi connectivity index (χ2n) is 6.12. The summed E-state index contributed by atoms with van der Waals surface area (Å²) < 4.78 is 3.49. The first-order valence-electron chi connectivity index (χ1n) is 8.55. The van der Waals surface area contributed by atoms with Crippen LogP contribution >= 0.6 is 11.3 Å². The first kappa shape index (κ1) is 17.3. The molecule has 27 heavy (non-hydrogen) atoms. The molecule has 0 spiro atoms. The van der Waals surface area contributed by atoms with Crippen molar-refractivity contribution >= 4 is 22.9 Å². The minimum atomic E-state index is -0.117. The van der Waals surface area contributed by atoms with E-state index < -0.39 is 0 Å². The minimum absolute atomic E-state index is 0.117. The number of nitrogens with zero attached hydrogens (tertiary/aromatic N) is 7. The van der Waals surface area contributed by atoms with Crippen LogP contribution in [0.5, 0.6) is 0 Å². The molecule has 0 saturated heterocycles. The van der Waals surface area contributed by atoms with Gasteiger partial charge in [0.25, 0.3) is 5.91 Å². The molecule has 4 aromatic rings. The second-order valence-corrected chi connectivity index (χ2v) is 7.33. The highest BCUT2D eigenvalue weighted by molar-refractivity contribution is 7.15. The molecular formula is C17H18N8OS. The molecule has 1 N–H and O–H groups in total. The van der Waals surface area contributed by atoms with Gasteiger partial charge in [-0.2, -0.15) is 4.68 Å². The van der Waals surface area contributed by atoms with Gasteiger partial charge in [0.05, 0.1) is 5.56 Å². The number of carbonyl (C=O) groups is 1. The van der Waals surface area contributed by atoms with Gasteiger partial charge in [0.1, 0.15) is 17.2 Å². The van der Waals surface area contributed by atoms with Crippen molar-refractivity contribution in [1.29, 1.82) is 0 Å². The summed E-state index contributed by atoms with van der Waals surface area (Å²) in [6.07, 6.45) is 4.94. The molecule has 138 valence electrons. The maximum absolute atomic E-state index is 12.7. The van der Waals surface area contributed by atoms with Crippen molar-refractivity contribution in [1.82, 2.24) is 40.1 Å². The average molecular weight is 382 g/mol. The number of aromatic nitrogens is 7. The summed E-state index contributed by atoms with van der Waals surface area (Å²) in [4.78, 5) is 13.8. The lowest BCUT2D eigenvalue weighted by Gasteiger charge is -2.07. The van der Waals surface area contributed by atoms with E-state index in [4.69, 9.17) is 0 Å². The van der Waals surface area contributed by atoms with Gasteiger partial charge >= 0.3 is 0 Å². The zero-order chi connectivity index (χ0) is 18.8. The maximum atomic E-state index is 12.7. The predicted octanol–water partition coefficient (Wildman–Crippen LogP) is 1.75. The van der Waals surface area contributed by atoms with Crippen LogP contribution in [0.1, 0.15) is 33.0 Å². The van der Waals surface area contributed by atoms with Crippen LogP contribution in [0.15, 0.2) is 30.7 Å². The van der Waals surface area contributed by atoms with Crippen molar-refractivity contribution in [3.63, 3.8) is 0 Å². The zero-order valence-corrected chi connectivity index (χ0v) is 15.8. The summed E-state index contributed by atoms with van der Waals surface area (Å²) in [7, 11) is 0. The van der Waals surface area contributed by atoms with Gasteiger partial charge in [-0.1, -0.05) is 6.07 Å². The summed E-state index contributed by atoms with van der Waals surface area (Å²) in [5.74, 6) is 0.769. The molecule has 0 aliphatic rings. The Kier molecular flexibility index (Phi) is 4.63. The number of amides is 1. The van der Waals surface area contributed by atoms with Crippen LogP contribution in [0.3, 0.4) is 0 Å². The summed E-state index contributed by atoms with van der Waals surface area (Å²) >= 11 is 1.50. The molecule has 0 unspecified atom stereocenters. The molecule has 0 aliphatic carbocycles. The van der Waals surface area contributed by atoms with Crippen LogP contribution in [-0.2, 0) is 6.42 Å². The lowest BCUT2D eigenvalue weighted by Crippen LogP contribution is -2.26. The van der Waals surface area contributed by atoms with Gasteiger partial charge in [-0.3, -0.25) is 9.20 Å². The van der Waals surface area contributed by atoms with Crippen LogP contribution in [-0.4, -0.2) is 47.3 Å². The molecule has 4 heterocycles. The maximum Gasteiger partial charge on any atom is 0.254 e. The number of hydrogen-bond donors (Lipinski definition) is 1. The number of nitrogens with one attached hydrogen (secondary N) is 1. The molecule has 0 aliphatic heterocycles. The van der Waals surface area contributed by atoms with Crippen LogP contribution in [0.2, 0.25) is 0 Å². The summed E-state index contributed by atoms with van der Waals surface area (Å²) in [6.45, 7) is 4.47. The Labute approximate surface area is 159 Å². The monoisotopic (exact) mass is 382 g/mol. The highest BCUT2D eigenvalue weighted by Crippen LogP contribution is 2.30. The van der Waals surface area contributed by atoms with E-state index in [1.165, 1.54) is 22.3 Å². The predicted molar refractivity (Wildman–Crippen MR) is 100 cm³/mol. The van der Waals surface area contributed by atoms with Crippen molar-refractivity contribution in [3.8, 4) is 5.00 Å². The van der Waals surface area contributed by atoms with Gasteiger partial charge in [-0.25, -0.2) is 0 Å². The van der Waals surface area contributed by atoms with E-state index in [0.29, 0.717) is 12.1 Å². The van der Waals surface area contributed by atoms with Crippen molar-refractivity contribution < 1.29 is 4.79 Å². The molecule has 0 fully saturated rings. The number of pyridine rings is 1. The molecule has 0 saturated carbocycles. The van der Waals surface area contributed by atoms with Crippen LogP contribution in [0.4, 0.5) is 0 Å². The van der Waals surface area contributed by atoms with Gasteiger partial charge in [0.15, 0.2) is 5.65 Å². The fraction of sp³-hybridized carbons (Fsp3) is 0.294. The van der Waals surface area contributed by atoms with Gasteiger partial charge < -0.3 is 5.32 Å². The smallest absolute Gasteiger partial charge is 0.254 e. The van der Waals surface area contributed by atoms with Crippen molar-refractivity contribution in [2.24, 2.45) is 0 Å². The number of hydrogen-bond acceptors (Lipinski definition) is 7. The van der Waals surface area contributed by atoms with E-state index in [0.717, 1.165) is 39.8 Å². The molecule has 0 bridgehead atoms. The second kappa shape index (κ2) is 7.23. The molecule has 1 amide bonds. The van der Waals surface area contributed by atoms with Crippen molar-refractivity contribution in [3.05, 3.63) is 52.6 Å². The van der Waals surface area contributed by atoms with Crippen molar-refractivity contribution in [2.75, 3.05) is 6.54 Å². The molecule has 10 heteroatoms. The van der Waals surface area contributed by atoms with E-state index >= 15 is 0 Å². The molecule has 4 aromatic heterocycles. The molecule has 0 atom stereocenters. The first-order valence-corrected chi connectivity index (χ1v) is 9.37. The number of rotatable bonds is 6. The Hall–Kier alpha value is -3.14. The van der Waals surface area contributed by atoms with E-state index in [2.05, 4.69) is 31.0 Å². The van der Waals surface area contributed by atoms with Crippen molar-refractivity contribution in [2.45, 2.75) is 26.7 Å². The number of thiophene rings is 1. The SMILES string of the molecule is Cc1sc(-n2cnnn2)c(C(=O)NCCCc2nnc3ccccn23)c1C.